The fraction of sp³-hybridized carbons (Fsp3) is 0.125. The average Bonchev–Trinajstić information content (AvgIpc) is 3.29. The average molecular weight is 342 g/mol. The van der Waals surface area contributed by atoms with E-state index in [2.05, 4.69) is 31.9 Å². The Bertz CT molecular complexity index is 824. The molecule has 1 aliphatic heterocycles. The Labute approximate surface area is 144 Å². The van der Waals surface area contributed by atoms with Crippen molar-refractivity contribution in [1.82, 2.24) is 36.5 Å². The number of imidazole rings is 1. The van der Waals surface area contributed by atoms with Gasteiger partial charge in [-0.25, -0.2) is 15.8 Å². The molecule has 4 N–H and O–H groups in total. The lowest BCUT2D eigenvalue weighted by atomic mass is 10.1. The third-order valence-electron chi connectivity index (χ3n) is 3.79. The van der Waals surface area contributed by atoms with E-state index < -0.39 is 0 Å². The number of nitrogens with one attached hydrogen (secondary N) is 4. The molecule has 7 nitrogen and oxygen atoms in total. The van der Waals surface area contributed by atoms with Gasteiger partial charge in [0, 0.05) is 24.0 Å². The van der Waals surface area contributed by atoms with Crippen LogP contribution in [0, 0.1) is 0 Å². The van der Waals surface area contributed by atoms with Crippen molar-refractivity contribution in [3.05, 3.63) is 71.3 Å². The highest BCUT2D eigenvalue weighted by Gasteiger charge is 2.16. The number of hydrogen-bond donors (Lipinski definition) is 4. The topological polar surface area (TPSA) is 78.8 Å². The predicted molar refractivity (Wildman–Crippen MR) is 91.3 cm³/mol. The summed E-state index contributed by atoms with van der Waals surface area (Å²) in [6, 6.07) is 11.8. The Hall–Kier alpha value is -2.29. The SMILES string of the molecule is Clc1ccc(Cn2cnc(-c3cc(C4NNNN4)ccn3)c2)cc1. The molecule has 3 aromatic rings. The zero-order chi connectivity index (χ0) is 16.4. The first-order valence-electron chi connectivity index (χ1n) is 7.51. The van der Waals surface area contributed by atoms with E-state index in [9.17, 15) is 0 Å². The van der Waals surface area contributed by atoms with Crippen molar-refractivity contribution in [1.29, 1.82) is 0 Å². The maximum atomic E-state index is 5.92. The van der Waals surface area contributed by atoms with Crippen molar-refractivity contribution in [3.8, 4) is 11.4 Å². The smallest absolute Gasteiger partial charge is 0.111 e. The molecule has 0 aliphatic carbocycles. The first-order chi connectivity index (χ1) is 11.8. The van der Waals surface area contributed by atoms with Crippen LogP contribution in [0.1, 0.15) is 17.3 Å². The van der Waals surface area contributed by atoms with Gasteiger partial charge in [-0.1, -0.05) is 23.7 Å². The second kappa shape index (κ2) is 6.68. The van der Waals surface area contributed by atoms with Gasteiger partial charge in [0.2, 0.25) is 0 Å². The summed E-state index contributed by atoms with van der Waals surface area (Å²) in [4.78, 5) is 8.89. The molecule has 24 heavy (non-hydrogen) atoms. The summed E-state index contributed by atoms with van der Waals surface area (Å²) in [5.74, 6) is 0. The van der Waals surface area contributed by atoms with Crippen LogP contribution in [0.2, 0.25) is 5.02 Å². The van der Waals surface area contributed by atoms with E-state index in [4.69, 9.17) is 11.6 Å². The lowest BCUT2D eigenvalue weighted by Gasteiger charge is -2.09. The highest BCUT2D eigenvalue weighted by Crippen LogP contribution is 2.19. The van der Waals surface area contributed by atoms with Crippen LogP contribution in [0.25, 0.3) is 11.4 Å². The van der Waals surface area contributed by atoms with Gasteiger partial charge >= 0.3 is 0 Å². The third-order valence-corrected chi connectivity index (χ3v) is 4.04. The summed E-state index contributed by atoms with van der Waals surface area (Å²) in [6.45, 7) is 0.740. The second-order valence-electron chi connectivity index (χ2n) is 5.50. The van der Waals surface area contributed by atoms with E-state index in [-0.39, 0.29) is 6.17 Å². The van der Waals surface area contributed by atoms with Gasteiger partial charge in [0.1, 0.15) is 11.9 Å². The molecule has 1 aromatic carbocycles. The monoisotopic (exact) mass is 341 g/mol. The first kappa shape index (κ1) is 15.3. The van der Waals surface area contributed by atoms with Crippen molar-refractivity contribution >= 4 is 11.6 Å². The molecule has 8 heteroatoms. The number of aromatic nitrogens is 3. The van der Waals surface area contributed by atoms with Gasteiger partial charge in [-0.3, -0.25) is 4.98 Å². The molecule has 2 aromatic heterocycles. The van der Waals surface area contributed by atoms with Gasteiger partial charge in [-0.2, -0.15) is 11.1 Å². The lowest BCUT2D eigenvalue weighted by molar-refractivity contribution is 0.554. The molecular weight excluding hydrogens is 326 g/mol. The first-order valence-corrected chi connectivity index (χ1v) is 7.89. The highest BCUT2D eigenvalue weighted by molar-refractivity contribution is 6.30. The molecular formula is C16H16ClN7. The normalized spacial score (nSPS) is 15.0. The van der Waals surface area contributed by atoms with Crippen LogP contribution < -0.4 is 21.9 Å². The summed E-state index contributed by atoms with van der Waals surface area (Å²) in [7, 11) is 0. The van der Waals surface area contributed by atoms with E-state index in [1.807, 2.05) is 53.5 Å². The van der Waals surface area contributed by atoms with Crippen molar-refractivity contribution in [2.45, 2.75) is 12.7 Å². The van der Waals surface area contributed by atoms with Gasteiger partial charge in [0.15, 0.2) is 0 Å². The highest BCUT2D eigenvalue weighted by atomic mass is 35.5. The zero-order valence-corrected chi connectivity index (χ0v) is 13.5. The van der Waals surface area contributed by atoms with Crippen LogP contribution in [-0.4, -0.2) is 14.5 Å². The van der Waals surface area contributed by atoms with Crippen LogP contribution in [0.5, 0.6) is 0 Å². The third kappa shape index (κ3) is 3.30. The minimum Gasteiger partial charge on any atom is -0.332 e. The van der Waals surface area contributed by atoms with Crippen LogP contribution in [-0.2, 0) is 6.54 Å². The van der Waals surface area contributed by atoms with Crippen LogP contribution >= 0.6 is 11.6 Å². The molecule has 1 saturated heterocycles. The van der Waals surface area contributed by atoms with Gasteiger partial charge in [-0.15, -0.1) is 0 Å². The quantitative estimate of drug-likeness (QED) is 0.579. The van der Waals surface area contributed by atoms with Gasteiger partial charge in [0.25, 0.3) is 0 Å². The summed E-state index contributed by atoms with van der Waals surface area (Å²) >= 11 is 5.92. The Kier molecular flexibility index (Phi) is 4.24. The van der Waals surface area contributed by atoms with E-state index in [0.717, 1.165) is 28.5 Å². The molecule has 0 saturated carbocycles. The molecule has 0 unspecified atom stereocenters. The van der Waals surface area contributed by atoms with Crippen molar-refractivity contribution < 1.29 is 0 Å². The fourth-order valence-electron chi connectivity index (χ4n) is 2.57. The molecule has 0 atom stereocenters. The van der Waals surface area contributed by atoms with Crippen LogP contribution in [0.3, 0.4) is 0 Å². The summed E-state index contributed by atoms with van der Waals surface area (Å²) in [6.07, 6.45) is 5.56. The Morgan fingerprint density at radius 2 is 1.79 bits per heavy atom. The van der Waals surface area contributed by atoms with Gasteiger partial charge < -0.3 is 4.57 Å². The van der Waals surface area contributed by atoms with Crippen molar-refractivity contribution in [2.75, 3.05) is 0 Å². The standard InChI is InChI=1S/C16H16ClN7/c17-13-3-1-11(2-4-13)8-24-9-15(19-10-24)14-7-12(5-6-18-14)16-20-22-23-21-16/h1-7,9-10,16,20-23H,8H2. The van der Waals surface area contributed by atoms with E-state index in [0.29, 0.717) is 0 Å². The molecule has 0 amide bonds. The maximum absolute atomic E-state index is 5.92. The lowest BCUT2D eigenvalue weighted by Crippen LogP contribution is -2.33. The number of nitrogens with zero attached hydrogens (tertiary/aromatic N) is 3. The van der Waals surface area contributed by atoms with E-state index in [1.165, 1.54) is 5.56 Å². The van der Waals surface area contributed by atoms with E-state index in [1.54, 1.807) is 6.20 Å². The van der Waals surface area contributed by atoms with E-state index >= 15 is 0 Å². The largest absolute Gasteiger partial charge is 0.332 e. The van der Waals surface area contributed by atoms with Crippen LogP contribution in [0.15, 0.2) is 55.1 Å². The number of hydrogen-bond acceptors (Lipinski definition) is 6. The predicted octanol–water partition coefficient (Wildman–Crippen LogP) is 1.76. The Balaban J connectivity index is 1.54. The van der Waals surface area contributed by atoms with Gasteiger partial charge in [0.05, 0.1) is 12.0 Å². The van der Waals surface area contributed by atoms with Crippen LogP contribution in [0.4, 0.5) is 0 Å². The number of hydrazine groups is 3. The molecule has 0 bridgehead atoms. The zero-order valence-electron chi connectivity index (χ0n) is 12.7. The maximum Gasteiger partial charge on any atom is 0.111 e. The summed E-state index contributed by atoms with van der Waals surface area (Å²) in [5, 5.41) is 0.740. The Morgan fingerprint density at radius 3 is 2.58 bits per heavy atom. The molecule has 0 spiro atoms. The number of benzene rings is 1. The molecule has 3 heterocycles. The number of halogens is 1. The molecule has 1 fully saturated rings. The molecule has 0 radical (unpaired) electrons. The minimum atomic E-state index is -0.0251. The minimum absolute atomic E-state index is 0.0251. The fourth-order valence-corrected chi connectivity index (χ4v) is 2.69. The Morgan fingerprint density at radius 1 is 1.00 bits per heavy atom. The molecule has 1 aliphatic rings. The number of pyridine rings is 1. The summed E-state index contributed by atoms with van der Waals surface area (Å²) in [5.41, 5.74) is 15.6. The molecule has 4 rings (SSSR count). The van der Waals surface area contributed by atoms with Gasteiger partial charge in [-0.05, 0) is 35.4 Å². The number of rotatable bonds is 4. The van der Waals surface area contributed by atoms with Crippen molar-refractivity contribution in [2.24, 2.45) is 0 Å². The second-order valence-corrected chi connectivity index (χ2v) is 5.94. The molecule has 122 valence electrons. The summed E-state index contributed by atoms with van der Waals surface area (Å²) < 4.78 is 2.03. The van der Waals surface area contributed by atoms with Crippen molar-refractivity contribution in [3.63, 3.8) is 0 Å².